The highest BCUT2D eigenvalue weighted by molar-refractivity contribution is 6.33. The Morgan fingerprint density at radius 1 is 1.23 bits per heavy atom. The second-order valence-electron chi connectivity index (χ2n) is 7.12. The number of halogens is 1. The van der Waals surface area contributed by atoms with E-state index in [9.17, 15) is 9.59 Å². The summed E-state index contributed by atoms with van der Waals surface area (Å²) in [7, 11) is 1.50. The molecule has 2 aromatic rings. The van der Waals surface area contributed by atoms with Crippen LogP contribution >= 0.6 is 11.6 Å². The molecule has 0 spiro atoms. The van der Waals surface area contributed by atoms with Crippen LogP contribution in [0.3, 0.4) is 0 Å². The Hall–Kier alpha value is -2.93. The van der Waals surface area contributed by atoms with Crippen LogP contribution in [0.5, 0.6) is 17.2 Å². The molecule has 1 heterocycles. The second-order valence-corrected chi connectivity index (χ2v) is 7.53. The third kappa shape index (κ3) is 5.05. The van der Waals surface area contributed by atoms with Gasteiger partial charge < -0.3 is 24.4 Å². The van der Waals surface area contributed by atoms with Gasteiger partial charge in [-0.1, -0.05) is 37.6 Å². The van der Waals surface area contributed by atoms with Gasteiger partial charge in [0.1, 0.15) is 5.75 Å². The number of nitrogens with one attached hydrogen (secondary N) is 1. The number of carbonyl (C=O) groups is 2. The third-order valence-electron chi connectivity index (χ3n) is 4.79. The van der Waals surface area contributed by atoms with Gasteiger partial charge in [0.2, 0.25) is 0 Å². The van der Waals surface area contributed by atoms with Crippen molar-refractivity contribution < 1.29 is 23.8 Å². The number of para-hydroxylation sites is 2. The van der Waals surface area contributed by atoms with E-state index in [1.165, 1.54) is 12.0 Å². The zero-order valence-corrected chi connectivity index (χ0v) is 18.7. The van der Waals surface area contributed by atoms with Gasteiger partial charge in [-0.3, -0.25) is 9.59 Å². The summed E-state index contributed by atoms with van der Waals surface area (Å²) in [5.74, 6) is 0.684. The van der Waals surface area contributed by atoms with Crippen molar-refractivity contribution in [2.75, 3.05) is 31.7 Å². The topological polar surface area (TPSA) is 77.1 Å². The number of fused-ring (bicyclic) bond motifs is 1. The van der Waals surface area contributed by atoms with E-state index >= 15 is 0 Å². The van der Waals surface area contributed by atoms with Gasteiger partial charge in [-0.05, 0) is 37.1 Å². The summed E-state index contributed by atoms with van der Waals surface area (Å²) < 4.78 is 16.9. The number of ether oxygens (including phenoxy) is 3. The molecular formula is C23H27ClN2O5. The summed E-state index contributed by atoms with van der Waals surface area (Å²) >= 11 is 6.40. The number of carbonyl (C=O) groups excluding carboxylic acids is 2. The summed E-state index contributed by atoms with van der Waals surface area (Å²) in [5, 5.41) is 3.11. The molecule has 31 heavy (non-hydrogen) atoms. The van der Waals surface area contributed by atoms with Crippen molar-refractivity contribution in [1.29, 1.82) is 0 Å². The van der Waals surface area contributed by atoms with Crippen LogP contribution in [0, 0.1) is 0 Å². The van der Waals surface area contributed by atoms with E-state index in [0.29, 0.717) is 41.7 Å². The van der Waals surface area contributed by atoms with Crippen LogP contribution in [0.2, 0.25) is 5.02 Å². The molecule has 0 aromatic heterocycles. The van der Waals surface area contributed by atoms with Crippen LogP contribution in [0.1, 0.15) is 37.0 Å². The molecule has 0 radical (unpaired) electrons. The fourth-order valence-electron chi connectivity index (χ4n) is 3.27. The minimum Gasteiger partial charge on any atom is -0.493 e. The lowest BCUT2D eigenvalue weighted by Gasteiger charge is -2.34. The molecule has 1 atom stereocenters. The normalized spacial score (nSPS) is 15.0. The van der Waals surface area contributed by atoms with Crippen LogP contribution in [0.25, 0.3) is 0 Å². The Morgan fingerprint density at radius 2 is 2.00 bits per heavy atom. The molecule has 3 rings (SSSR count). The van der Waals surface area contributed by atoms with E-state index in [4.69, 9.17) is 25.8 Å². The number of amides is 2. The summed E-state index contributed by atoms with van der Waals surface area (Å²) in [6.07, 6.45) is 0.809. The minimum atomic E-state index is -0.810. The quantitative estimate of drug-likeness (QED) is 0.661. The number of nitrogens with zero attached hydrogens (tertiary/aromatic N) is 1. The fourth-order valence-corrected chi connectivity index (χ4v) is 3.53. The highest BCUT2D eigenvalue weighted by Gasteiger charge is 2.34. The van der Waals surface area contributed by atoms with Crippen molar-refractivity contribution in [2.24, 2.45) is 0 Å². The summed E-state index contributed by atoms with van der Waals surface area (Å²) in [6.45, 7) is 5.06. The zero-order valence-electron chi connectivity index (χ0n) is 17.9. The first kappa shape index (κ1) is 22.7. The Balaban J connectivity index is 1.94. The van der Waals surface area contributed by atoms with Crippen LogP contribution in [-0.4, -0.2) is 44.7 Å². The van der Waals surface area contributed by atoms with Gasteiger partial charge in [0, 0.05) is 12.1 Å². The average Bonchev–Trinajstić information content (AvgIpc) is 2.79. The van der Waals surface area contributed by atoms with Crippen molar-refractivity contribution in [2.45, 2.75) is 32.8 Å². The molecule has 1 N–H and O–H groups in total. The summed E-state index contributed by atoms with van der Waals surface area (Å²) in [6, 6.07) is 10.3. The molecule has 1 aliphatic rings. The number of benzene rings is 2. The van der Waals surface area contributed by atoms with Crippen molar-refractivity contribution in [3.05, 3.63) is 47.0 Å². The standard InChI is InChI=1S/C23H27ClN2O5/c1-4-10-25-22(27)20-14-26(17-8-6-7-9-18(17)31-20)23(28)15-12-16(24)21(30-11-5-2)19(13-15)29-3/h6-9,12-13,20H,4-5,10-11,14H2,1-3H3,(H,25,27). The number of hydrogen-bond donors (Lipinski definition) is 1. The first-order valence-electron chi connectivity index (χ1n) is 10.4. The van der Waals surface area contributed by atoms with Gasteiger partial charge in [0.05, 0.1) is 31.0 Å². The van der Waals surface area contributed by atoms with Gasteiger partial charge in [0.15, 0.2) is 17.6 Å². The van der Waals surface area contributed by atoms with Crippen molar-refractivity contribution in [3.63, 3.8) is 0 Å². The maximum absolute atomic E-state index is 13.5. The van der Waals surface area contributed by atoms with Gasteiger partial charge in [-0.25, -0.2) is 0 Å². The van der Waals surface area contributed by atoms with Gasteiger partial charge in [-0.15, -0.1) is 0 Å². The van der Waals surface area contributed by atoms with E-state index in [1.54, 1.807) is 30.3 Å². The highest BCUT2D eigenvalue weighted by Crippen LogP contribution is 2.39. The van der Waals surface area contributed by atoms with E-state index in [0.717, 1.165) is 12.8 Å². The number of methoxy groups -OCH3 is 1. The molecule has 8 heteroatoms. The molecule has 0 aliphatic carbocycles. The first-order chi connectivity index (χ1) is 15.0. The van der Waals surface area contributed by atoms with Crippen molar-refractivity contribution >= 4 is 29.1 Å². The van der Waals surface area contributed by atoms with E-state index in [2.05, 4.69) is 5.32 Å². The van der Waals surface area contributed by atoms with Crippen molar-refractivity contribution in [1.82, 2.24) is 5.32 Å². The van der Waals surface area contributed by atoms with Gasteiger partial charge in [-0.2, -0.15) is 0 Å². The molecule has 0 saturated carbocycles. The minimum absolute atomic E-state index is 0.0828. The summed E-state index contributed by atoms with van der Waals surface area (Å²) in [5.41, 5.74) is 0.920. The van der Waals surface area contributed by atoms with Crippen LogP contribution in [0.15, 0.2) is 36.4 Å². The van der Waals surface area contributed by atoms with E-state index < -0.39 is 6.10 Å². The van der Waals surface area contributed by atoms with Crippen LogP contribution in [-0.2, 0) is 4.79 Å². The molecule has 7 nitrogen and oxygen atoms in total. The second kappa shape index (κ2) is 10.4. The lowest BCUT2D eigenvalue weighted by Crippen LogP contribution is -2.50. The fraction of sp³-hybridized carbons (Fsp3) is 0.391. The SMILES string of the molecule is CCCNC(=O)C1CN(C(=O)c2cc(Cl)c(OCCC)c(OC)c2)c2ccccc2O1. The molecular weight excluding hydrogens is 420 g/mol. The first-order valence-corrected chi connectivity index (χ1v) is 10.7. The van der Waals surface area contributed by atoms with E-state index in [-0.39, 0.29) is 23.4 Å². The largest absolute Gasteiger partial charge is 0.493 e. The average molecular weight is 447 g/mol. The monoisotopic (exact) mass is 446 g/mol. The highest BCUT2D eigenvalue weighted by atomic mass is 35.5. The lowest BCUT2D eigenvalue weighted by atomic mass is 10.1. The number of anilines is 1. The molecule has 2 aromatic carbocycles. The van der Waals surface area contributed by atoms with Gasteiger partial charge >= 0.3 is 0 Å². The predicted octanol–water partition coefficient (Wildman–Crippen LogP) is 4.07. The van der Waals surface area contributed by atoms with Crippen LogP contribution in [0.4, 0.5) is 5.69 Å². The maximum Gasteiger partial charge on any atom is 0.262 e. The smallest absolute Gasteiger partial charge is 0.262 e. The Labute approximate surface area is 187 Å². The van der Waals surface area contributed by atoms with Crippen molar-refractivity contribution in [3.8, 4) is 17.2 Å². The molecule has 1 unspecified atom stereocenters. The molecule has 166 valence electrons. The van der Waals surface area contributed by atoms with E-state index in [1.807, 2.05) is 19.9 Å². The Morgan fingerprint density at radius 3 is 2.71 bits per heavy atom. The molecule has 1 aliphatic heterocycles. The third-order valence-corrected chi connectivity index (χ3v) is 5.07. The lowest BCUT2D eigenvalue weighted by molar-refractivity contribution is -0.127. The molecule has 0 bridgehead atoms. The maximum atomic E-state index is 13.5. The molecule has 0 saturated heterocycles. The van der Waals surface area contributed by atoms with Gasteiger partial charge in [0.25, 0.3) is 11.8 Å². The summed E-state index contributed by atoms with van der Waals surface area (Å²) in [4.78, 5) is 27.5. The Bertz CT molecular complexity index is 950. The number of rotatable bonds is 8. The molecule has 0 fully saturated rings. The molecule has 2 amide bonds. The predicted molar refractivity (Wildman–Crippen MR) is 120 cm³/mol. The van der Waals surface area contributed by atoms with Crippen LogP contribution < -0.4 is 24.4 Å². The zero-order chi connectivity index (χ0) is 22.4. The number of hydrogen-bond acceptors (Lipinski definition) is 5. The Kier molecular flexibility index (Phi) is 7.63.